The lowest BCUT2D eigenvalue weighted by Gasteiger charge is -2.27. The predicted octanol–water partition coefficient (Wildman–Crippen LogP) is 5.60. The number of likely N-dealkylation sites (tertiary alicyclic amines) is 1. The van der Waals surface area contributed by atoms with Crippen molar-refractivity contribution >= 4 is 35.1 Å². The fourth-order valence-electron chi connectivity index (χ4n) is 4.27. The molecule has 1 aliphatic heterocycles. The molecule has 2 atom stereocenters. The molecular weight excluding hydrogens is 464 g/mol. The Balaban J connectivity index is 1.35. The summed E-state index contributed by atoms with van der Waals surface area (Å²) in [6.07, 6.45) is 7.59. The summed E-state index contributed by atoms with van der Waals surface area (Å²) >= 11 is 0. The maximum Gasteiger partial charge on any atom is 0.257 e. The van der Waals surface area contributed by atoms with Crippen LogP contribution in [0, 0.1) is 5.92 Å². The van der Waals surface area contributed by atoms with Crippen molar-refractivity contribution in [3.63, 3.8) is 0 Å². The minimum atomic E-state index is -0.200. The summed E-state index contributed by atoms with van der Waals surface area (Å²) in [6, 6.07) is 13.3. The van der Waals surface area contributed by atoms with Gasteiger partial charge in [0.2, 0.25) is 0 Å². The zero-order valence-electron chi connectivity index (χ0n) is 22.1. The number of carbonyl (C=O) groups excluding carboxylic acids is 1. The number of likely N-dealkylation sites (N-methyl/N-ethyl adjacent to an activating group) is 1. The number of methoxy groups -OCH3 is 1. The van der Waals surface area contributed by atoms with Gasteiger partial charge in [-0.25, -0.2) is 9.98 Å². The topological polar surface area (TPSA) is 85.9 Å². The highest BCUT2D eigenvalue weighted by Gasteiger charge is 2.28. The van der Waals surface area contributed by atoms with Gasteiger partial charge in [-0.15, -0.1) is 0 Å². The van der Waals surface area contributed by atoms with E-state index in [0.29, 0.717) is 17.2 Å². The molecule has 1 aliphatic rings. The molecule has 194 valence electrons. The monoisotopic (exact) mass is 500 g/mol. The summed E-state index contributed by atoms with van der Waals surface area (Å²) in [6.45, 7) is 10.5. The minimum Gasteiger partial charge on any atom is -0.497 e. The molecular formula is C29H36N6O2. The number of carbonyl (C=O) groups is 1. The van der Waals surface area contributed by atoms with Gasteiger partial charge < -0.3 is 24.8 Å². The van der Waals surface area contributed by atoms with Crippen LogP contribution in [-0.2, 0) is 0 Å². The molecule has 4 rings (SSSR count). The molecule has 0 bridgehead atoms. The highest BCUT2D eigenvalue weighted by Crippen LogP contribution is 2.31. The number of anilines is 2. The first-order valence-corrected chi connectivity index (χ1v) is 12.7. The van der Waals surface area contributed by atoms with Crippen molar-refractivity contribution in [2.24, 2.45) is 10.9 Å². The third-order valence-corrected chi connectivity index (χ3v) is 6.95. The van der Waals surface area contributed by atoms with Gasteiger partial charge in [0.05, 0.1) is 12.7 Å². The molecule has 8 nitrogen and oxygen atoms in total. The van der Waals surface area contributed by atoms with Gasteiger partial charge >= 0.3 is 0 Å². The third kappa shape index (κ3) is 6.20. The first-order chi connectivity index (χ1) is 17.9. The number of ether oxygens (including phenoxy) is 1. The SMILES string of the molecule is C=C(c1cc[nH]c1N=CC(C)CC)N1CCC(N(C)c2ccc(C(=O)Nc3ccc(OC)cc3)cn2)C1. The van der Waals surface area contributed by atoms with Crippen molar-refractivity contribution in [1.29, 1.82) is 0 Å². The second-order valence-corrected chi connectivity index (χ2v) is 9.44. The molecule has 37 heavy (non-hydrogen) atoms. The van der Waals surface area contributed by atoms with Crippen LogP contribution >= 0.6 is 0 Å². The molecule has 3 aromatic rings. The average Bonchev–Trinajstić information content (AvgIpc) is 3.62. The van der Waals surface area contributed by atoms with Gasteiger partial charge in [0.1, 0.15) is 17.4 Å². The van der Waals surface area contributed by atoms with E-state index in [-0.39, 0.29) is 11.9 Å². The third-order valence-electron chi connectivity index (χ3n) is 6.95. The maximum absolute atomic E-state index is 12.6. The van der Waals surface area contributed by atoms with Crippen LogP contribution in [0.15, 0.2) is 66.4 Å². The number of aliphatic imine (C=N–C) groups is 1. The minimum absolute atomic E-state index is 0.200. The number of hydrogen-bond donors (Lipinski definition) is 2. The Kier molecular flexibility index (Phi) is 8.28. The smallest absolute Gasteiger partial charge is 0.257 e. The molecule has 1 saturated heterocycles. The van der Waals surface area contributed by atoms with Crippen molar-refractivity contribution in [3.05, 3.63) is 72.6 Å². The number of hydrogen-bond acceptors (Lipinski definition) is 6. The second-order valence-electron chi connectivity index (χ2n) is 9.44. The van der Waals surface area contributed by atoms with Crippen LogP contribution in [0.3, 0.4) is 0 Å². The molecule has 0 spiro atoms. The molecule has 2 unspecified atom stereocenters. The molecule has 0 radical (unpaired) electrons. The van der Waals surface area contributed by atoms with Crippen LogP contribution in [0.1, 0.15) is 42.6 Å². The average molecular weight is 501 g/mol. The number of nitrogens with one attached hydrogen (secondary N) is 2. The molecule has 2 N–H and O–H groups in total. The molecule has 2 aromatic heterocycles. The predicted molar refractivity (Wildman–Crippen MR) is 151 cm³/mol. The number of amides is 1. The Morgan fingerprint density at radius 2 is 2.11 bits per heavy atom. The molecule has 1 fully saturated rings. The number of nitrogens with zero attached hydrogens (tertiary/aromatic N) is 4. The normalized spacial score (nSPS) is 16.1. The summed E-state index contributed by atoms with van der Waals surface area (Å²) in [4.78, 5) is 29.6. The van der Waals surface area contributed by atoms with Crippen LogP contribution in [0.25, 0.3) is 5.70 Å². The Labute approximate surface area is 219 Å². The molecule has 0 saturated carbocycles. The zero-order chi connectivity index (χ0) is 26.4. The first-order valence-electron chi connectivity index (χ1n) is 12.7. The Hall–Kier alpha value is -4.07. The highest BCUT2D eigenvalue weighted by molar-refractivity contribution is 6.04. The quantitative estimate of drug-likeness (QED) is 0.354. The van der Waals surface area contributed by atoms with Crippen molar-refractivity contribution in [2.45, 2.75) is 32.7 Å². The van der Waals surface area contributed by atoms with Gasteiger partial charge in [0.25, 0.3) is 5.91 Å². The van der Waals surface area contributed by atoms with Gasteiger partial charge in [0, 0.05) is 61.7 Å². The molecule has 3 heterocycles. The standard InChI is InChI=1S/C29H36N6O2/c1-6-20(2)17-32-28-26(13-15-30-28)21(3)35-16-14-24(19-35)34(4)27-12-7-22(18-31-27)29(36)33-23-8-10-25(37-5)11-9-23/h7-13,15,17-18,20,24,30H,3,6,14,16,19H2,1-2,4-5H3,(H,33,36). The van der Waals surface area contributed by atoms with Gasteiger partial charge in [-0.3, -0.25) is 4.79 Å². The zero-order valence-corrected chi connectivity index (χ0v) is 22.1. The molecule has 1 amide bonds. The first kappa shape index (κ1) is 26.0. The van der Waals surface area contributed by atoms with Crippen molar-refractivity contribution in [3.8, 4) is 5.75 Å². The Morgan fingerprint density at radius 3 is 2.78 bits per heavy atom. The van der Waals surface area contributed by atoms with E-state index in [4.69, 9.17) is 4.74 Å². The van der Waals surface area contributed by atoms with Crippen LogP contribution in [-0.4, -0.2) is 60.3 Å². The molecule has 8 heteroatoms. The summed E-state index contributed by atoms with van der Waals surface area (Å²) in [5, 5.41) is 2.89. The largest absolute Gasteiger partial charge is 0.497 e. The van der Waals surface area contributed by atoms with Crippen LogP contribution in [0.4, 0.5) is 17.3 Å². The van der Waals surface area contributed by atoms with Crippen molar-refractivity contribution < 1.29 is 9.53 Å². The fourth-order valence-corrected chi connectivity index (χ4v) is 4.27. The lowest BCUT2D eigenvalue weighted by Crippen LogP contribution is -2.34. The number of aromatic nitrogens is 2. The van der Waals surface area contributed by atoms with Crippen LogP contribution in [0.5, 0.6) is 5.75 Å². The highest BCUT2D eigenvalue weighted by atomic mass is 16.5. The molecule has 0 aliphatic carbocycles. The number of H-pyrrole nitrogens is 1. The Bertz CT molecular complexity index is 1230. The number of benzene rings is 1. The van der Waals surface area contributed by atoms with Crippen LogP contribution in [0.2, 0.25) is 0 Å². The van der Waals surface area contributed by atoms with E-state index in [2.05, 4.69) is 57.6 Å². The van der Waals surface area contributed by atoms with E-state index < -0.39 is 0 Å². The van der Waals surface area contributed by atoms with E-state index in [1.807, 2.05) is 42.7 Å². The maximum atomic E-state index is 12.6. The van der Waals surface area contributed by atoms with E-state index in [9.17, 15) is 4.79 Å². The summed E-state index contributed by atoms with van der Waals surface area (Å²) in [5.41, 5.74) is 3.22. The van der Waals surface area contributed by atoms with Gasteiger partial charge in [0.15, 0.2) is 0 Å². The van der Waals surface area contributed by atoms with Crippen molar-refractivity contribution in [2.75, 3.05) is 37.5 Å². The number of pyridine rings is 1. The van der Waals surface area contributed by atoms with E-state index in [1.165, 1.54) is 0 Å². The van der Waals surface area contributed by atoms with E-state index >= 15 is 0 Å². The van der Waals surface area contributed by atoms with E-state index in [0.717, 1.165) is 54.6 Å². The lowest BCUT2D eigenvalue weighted by molar-refractivity contribution is 0.102. The number of aromatic amines is 1. The van der Waals surface area contributed by atoms with Crippen molar-refractivity contribution in [1.82, 2.24) is 14.9 Å². The van der Waals surface area contributed by atoms with Gasteiger partial charge in [-0.1, -0.05) is 20.4 Å². The fraction of sp³-hybridized carbons (Fsp3) is 0.345. The summed E-state index contributed by atoms with van der Waals surface area (Å²) in [7, 11) is 3.66. The summed E-state index contributed by atoms with van der Waals surface area (Å²) in [5.74, 6) is 2.66. The Morgan fingerprint density at radius 1 is 1.32 bits per heavy atom. The van der Waals surface area contributed by atoms with E-state index in [1.54, 1.807) is 25.4 Å². The van der Waals surface area contributed by atoms with Gasteiger partial charge in [-0.05, 0) is 61.2 Å². The number of rotatable bonds is 10. The lowest BCUT2D eigenvalue weighted by atomic mass is 10.1. The summed E-state index contributed by atoms with van der Waals surface area (Å²) < 4.78 is 5.16. The second kappa shape index (κ2) is 11.8. The van der Waals surface area contributed by atoms with Gasteiger partial charge in [-0.2, -0.15) is 0 Å². The molecule has 1 aromatic carbocycles. The van der Waals surface area contributed by atoms with Crippen LogP contribution < -0.4 is 15.0 Å².